The van der Waals surface area contributed by atoms with E-state index >= 15 is 0 Å². The second kappa shape index (κ2) is 6.02. The molecule has 0 unspecified atom stereocenters. The highest BCUT2D eigenvalue weighted by atomic mass is 16.5. The summed E-state index contributed by atoms with van der Waals surface area (Å²) in [7, 11) is 1.34. The summed E-state index contributed by atoms with van der Waals surface area (Å²) in [5.74, 6) is 0.0896. The molecule has 0 saturated carbocycles. The molecule has 102 valence electrons. The van der Waals surface area contributed by atoms with Gasteiger partial charge in [0.1, 0.15) is 5.52 Å². The van der Waals surface area contributed by atoms with E-state index < -0.39 is 5.97 Å². The number of methoxy groups -OCH3 is 1. The summed E-state index contributed by atoms with van der Waals surface area (Å²) < 4.78 is 10.4. The van der Waals surface area contributed by atoms with Crippen LogP contribution in [0.1, 0.15) is 23.2 Å². The number of benzene rings is 1. The van der Waals surface area contributed by atoms with Gasteiger partial charge in [-0.1, -0.05) is 30.9 Å². The first-order valence-corrected chi connectivity index (χ1v) is 6.14. The van der Waals surface area contributed by atoms with Gasteiger partial charge in [-0.3, -0.25) is 0 Å². The maximum Gasteiger partial charge on any atom is 0.337 e. The number of hydrogen-bond donors (Lipinski definition) is 0. The number of nitrogens with zero attached hydrogens (tertiary/aromatic N) is 1. The Hall–Kier alpha value is -2.62. The molecule has 2 rings (SSSR count). The summed E-state index contributed by atoms with van der Waals surface area (Å²) in [6.45, 7) is 5.58. The minimum Gasteiger partial charge on any atom is -0.465 e. The molecule has 0 saturated heterocycles. The van der Waals surface area contributed by atoms with Crippen molar-refractivity contribution in [3.63, 3.8) is 0 Å². The lowest BCUT2D eigenvalue weighted by molar-refractivity contribution is 0.0601. The van der Waals surface area contributed by atoms with Gasteiger partial charge in [0.2, 0.25) is 5.89 Å². The molecule has 0 spiro atoms. The molecule has 0 bridgehead atoms. The third-order valence-electron chi connectivity index (χ3n) is 2.70. The molecule has 20 heavy (non-hydrogen) atoms. The number of carbonyl (C=O) groups excluding carboxylic acids is 1. The number of aromatic nitrogens is 1. The first-order valence-electron chi connectivity index (χ1n) is 6.14. The number of carbonyl (C=O) groups is 1. The van der Waals surface area contributed by atoms with Gasteiger partial charge in [-0.25, -0.2) is 9.78 Å². The molecule has 0 aliphatic carbocycles. The van der Waals surface area contributed by atoms with Crippen molar-refractivity contribution >= 4 is 22.6 Å². The van der Waals surface area contributed by atoms with Crippen molar-refractivity contribution in [2.45, 2.75) is 6.92 Å². The second-order valence-corrected chi connectivity index (χ2v) is 4.05. The lowest BCUT2D eigenvalue weighted by atomic mass is 10.2. The molecular formula is C16H15NO3. The van der Waals surface area contributed by atoms with Crippen LogP contribution >= 0.6 is 0 Å². The average Bonchev–Trinajstić information content (AvgIpc) is 2.89. The fraction of sp³-hybridized carbons (Fsp3) is 0.125. The van der Waals surface area contributed by atoms with Gasteiger partial charge >= 0.3 is 5.97 Å². The van der Waals surface area contributed by atoms with Gasteiger partial charge in [0.15, 0.2) is 5.58 Å². The number of hydrogen-bond acceptors (Lipinski definition) is 4. The van der Waals surface area contributed by atoms with Crippen molar-refractivity contribution in [2.24, 2.45) is 0 Å². The highest BCUT2D eigenvalue weighted by molar-refractivity contribution is 5.93. The number of rotatable bonds is 4. The van der Waals surface area contributed by atoms with Crippen LogP contribution in [0.3, 0.4) is 0 Å². The molecule has 4 heteroatoms. The first kappa shape index (κ1) is 13.8. The lowest BCUT2D eigenvalue weighted by Gasteiger charge is -1.96. The van der Waals surface area contributed by atoms with Gasteiger partial charge in [0.25, 0.3) is 0 Å². The number of oxazole rings is 1. The third-order valence-corrected chi connectivity index (χ3v) is 2.70. The molecule has 1 aromatic carbocycles. The van der Waals surface area contributed by atoms with E-state index in [2.05, 4.69) is 16.3 Å². The van der Waals surface area contributed by atoms with E-state index in [0.717, 1.165) is 5.57 Å². The zero-order valence-electron chi connectivity index (χ0n) is 11.4. The first-order chi connectivity index (χ1) is 9.69. The van der Waals surface area contributed by atoms with E-state index in [1.165, 1.54) is 7.11 Å². The van der Waals surface area contributed by atoms with Crippen LogP contribution in [0.2, 0.25) is 0 Å². The number of esters is 1. The normalized spacial score (nSPS) is 12.0. The van der Waals surface area contributed by atoms with Crippen molar-refractivity contribution in [1.29, 1.82) is 0 Å². The van der Waals surface area contributed by atoms with Crippen LogP contribution in [-0.4, -0.2) is 18.1 Å². The lowest BCUT2D eigenvalue weighted by Crippen LogP contribution is -2.00. The Bertz CT molecular complexity index is 708. The zero-order valence-corrected chi connectivity index (χ0v) is 11.4. The van der Waals surface area contributed by atoms with E-state index in [1.54, 1.807) is 24.3 Å². The van der Waals surface area contributed by atoms with Crippen LogP contribution in [-0.2, 0) is 4.74 Å². The Labute approximate surface area is 117 Å². The predicted octanol–water partition coefficient (Wildman–Crippen LogP) is 3.76. The number of fused-ring (bicyclic) bond motifs is 1. The summed E-state index contributed by atoms with van der Waals surface area (Å²) in [5, 5.41) is 0. The molecule has 0 fully saturated rings. The molecule has 0 aliphatic rings. The summed E-state index contributed by atoms with van der Waals surface area (Å²) in [5.41, 5.74) is 2.49. The van der Waals surface area contributed by atoms with Gasteiger partial charge < -0.3 is 9.15 Å². The van der Waals surface area contributed by atoms with Crippen molar-refractivity contribution in [1.82, 2.24) is 4.98 Å². The SMILES string of the molecule is C=C/C=C(\C=C/C)c1nc2cc(C(=O)OC)ccc2o1. The van der Waals surface area contributed by atoms with Crippen molar-refractivity contribution in [3.05, 3.63) is 60.5 Å². The van der Waals surface area contributed by atoms with Gasteiger partial charge in [-0.2, -0.15) is 0 Å². The number of allylic oxidation sites excluding steroid dienone is 5. The van der Waals surface area contributed by atoms with E-state index in [9.17, 15) is 4.79 Å². The van der Waals surface area contributed by atoms with Crippen molar-refractivity contribution in [2.75, 3.05) is 7.11 Å². The van der Waals surface area contributed by atoms with Gasteiger partial charge in [0, 0.05) is 5.57 Å². The molecule has 0 radical (unpaired) electrons. The summed E-state index contributed by atoms with van der Waals surface area (Å²) in [6.07, 6.45) is 7.26. The quantitative estimate of drug-likeness (QED) is 0.626. The van der Waals surface area contributed by atoms with Crippen LogP contribution in [0, 0.1) is 0 Å². The van der Waals surface area contributed by atoms with Crippen molar-refractivity contribution in [3.8, 4) is 0 Å². The van der Waals surface area contributed by atoms with Gasteiger partial charge in [0.05, 0.1) is 12.7 Å². The molecule has 1 heterocycles. The molecule has 0 amide bonds. The molecule has 2 aromatic rings. The minimum atomic E-state index is -0.397. The van der Waals surface area contributed by atoms with E-state index in [-0.39, 0.29) is 0 Å². The minimum absolute atomic E-state index is 0.397. The van der Waals surface area contributed by atoms with Crippen LogP contribution in [0.5, 0.6) is 0 Å². The van der Waals surface area contributed by atoms with E-state index in [4.69, 9.17) is 4.42 Å². The highest BCUT2D eigenvalue weighted by Gasteiger charge is 2.12. The maximum atomic E-state index is 11.5. The predicted molar refractivity (Wildman–Crippen MR) is 78.3 cm³/mol. The monoisotopic (exact) mass is 269 g/mol. The largest absolute Gasteiger partial charge is 0.465 e. The van der Waals surface area contributed by atoms with E-state index in [0.29, 0.717) is 22.6 Å². The fourth-order valence-corrected chi connectivity index (χ4v) is 1.80. The van der Waals surface area contributed by atoms with Crippen LogP contribution in [0.25, 0.3) is 16.7 Å². The Morgan fingerprint density at radius 3 is 2.90 bits per heavy atom. The standard InChI is InChI=1S/C16H15NO3/c1-4-6-11(7-5-2)15-17-13-10-12(16(18)19-3)8-9-14(13)20-15/h4-10H,1H2,2-3H3/b7-5-,11-6+. The van der Waals surface area contributed by atoms with Crippen LogP contribution < -0.4 is 0 Å². The molecule has 0 N–H and O–H groups in total. The molecular weight excluding hydrogens is 254 g/mol. The Morgan fingerprint density at radius 1 is 1.45 bits per heavy atom. The second-order valence-electron chi connectivity index (χ2n) is 4.05. The molecule has 0 atom stereocenters. The highest BCUT2D eigenvalue weighted by Crippen LogP contribution is 2.23. The Balaban J connectivity index is 2.50. The van der Waals surface area contributed by atoms with Crippen LogP contribution in [0.15, 0.2) is 53.5 Å². The molecule has 0 aliphatic heterocycles. The molecule has 4 nitrogen and oxygen atoms in total. The topological polar surface area (TPSA) is 52.3 Å². The van der Waals surface area contributed by atoms with Gasteiger partial charge in [-0.05, 0) is 25.1 Å². The summed E-state index contributed by atoms with van der Waals surface area (Å²) in [4.78, 5) is 15.9. The number of ether oxygens (including phenoxy) is 1. The fourth-order valence-electron chi connectivity index (χ4n) is 1.80. The van der Waals surface area contributed by atoms with Crippen LogP contribution in [0.4, 0.5) is 0 Å². The van der Waals surface area contributed by atoms with Crippen molar-refractivity contribution < 1.29 is 13.9 Å². The average molecular weight is 269 g/mol. The Morgan fingerprint density at radius 2 is 2.25 bits per heavy atom. The summed E-state index contributed by atoms with van der Waals surface area (Å²) in [6, 6.07) is 5.00. The van der Waals surface area contributed by atoms with E-state index in [1.807, 2.05) is 25.2 Å². The molecule has 1 aromatic heterocycles. The Kier molecular flexibility index (Phi) is 4.15. The maximum absolute atomic E-state index is 11.5. The zero-order chi connectivity index (χ0) is 14.5. The van der Waals surface area contributed by atoms with Gasteiger partial charge in [-0.15, -0.1) is 0 Å². The summed E-state index contributed by atoms with van der Waals surface area (Å²) >= 11 is 0. The smallest absolute Gasteiger partial charge is 0.337 e. The third kappa shape index (κ3) is 2.69.